The van der Waals surface area contributed by atoms with Gasteiger partial charge in [-0.1, -0.05) is 26.8 Å². The molecule has 108 heavy (non-hydrogen) atoms. The van der Waals surface area contributed by atoms with Crippen molar-refractivity contribution in [1.29, 1.82) is 0 Å². The van der Waals surface area contributed by atoms with Crippen LogP contribution in [0.3, 0.4) is 0 Å². The Morgan fingerprint density at radius 1 is 0.361 bits per heavy atom. The van der Waals surface area contributed by atoms with Gasteiger partial charge in [-0.05, 0) is 214 Å². The van der Waals surface area contributed by atoms with Crippen LogP contribution in [-0.4, -0.2) is 119 Å². The maximum absolute atomic E-state index is 13.1. The van der Waals surface area contributed by atoms with Crippen LogP contribution < -0.4 is 71.5 Å². The Hall–Kier alpha value is -11.8. The molecule has 0 fully saturated rings. The highest BCUT2D eigenvalue weighted by molar-refractivity contribution is 6.09. The first-order valence-corrected chi connectivity index (χ1v) is 35.8. The number of nitrogens with zero attached hydrogens (tertiary/aromatic N) is 3. The minimum atomic E-state index is -4.48. The number of allylic oxidation sites excluding steroid dienone is 4. The monoisotopic (exact) mass is 1470 g/mol. The van der Waals surface area contributed by atoms with E-state index in [9.17, 15) is 32.3 Å². The van der Waals surface area contributed by atoms with E-state index in [-0.39, 0.29) is 69.1 Å². The van der Waals surface area contributed by atoms with Crippen molar-refractivity contribution in [1.82, 2.24) is 0 Å². The van der Waals surface area contributed by atoms with E-state index in [0.29, 0.717) is 96.4 Å². The van der Waals surface area contributed by atoms with Gasteiger partial charge in [0.1, 0.15) is 23.0 Å². The average Bonchev–Trinajstić information content (AvgIpc) is 1.29. The van der Waals surface area contributed by atoms with E-state index in [1.165, 1.54) is 12.1 Å². The van der Waals surface area contributed by atoms with Crippen molar-refractivity contribution < 1.29 is 89.2 Å². The van der Waals surface area contributed by atoms with Crippen molar-refractivity contribution in [3.05, 3.63) is 218 Å². The number of carbonyl (C=O) groups is 4. The quantitative estimate of drug-likeness (QED) is 0.0836. The molecule has 4 aliphatic heterocycles. The molecule has 4 heterocycles. The fourth-order valence-electron chi connectivity index (χ4n) is 13.5. The van der Waals surface area contributed by atoms with Crippen LogP contribution in [0.4, 0.5) is 30.2 Å². The van der Waals surface area contributed by atoms with Crippen LogP contribution in [-0.2, 0) is 51.0 Å². The van der Waals surface area contributed by atoms with Crippen LogP contribution in [0.15, 0.2) is 146 Å². The molecule has 0 unspecified atom stereocenters. The summed E-state index contributed by atoms with van der Waals surface area (Å²) in [6.45, 7) is 12.7. The van der Waals surface area contributed by atoms with Crippen LogP contribution in [0.25, 0.3) is 22.3 Å². The van der Waals surface area contributed by atoms with Crippen LogP contribution in [0.2, 0.25) is 0 Å². The molecule has 22 heteroatoms. The summed E-state index contributed by atoms with van der Waals surface area (Å²) in [5.41, 5.74) is 16.0. The summed E-state index contributed by atoms with van der Waals surface area (Å²) in [6, 6.07) is 36.7. The third kappa shape index (κ3) is 16.1. The Bertz CT molecular complexity index is 5010. The number of benzene rings is 8. The molecule has 8 aliphatic rings. The number of ketones is 4. The summed E-state index contributed by atoms with van der Waals surface area (Å²) in [4.78, 5) is 55.6. The largest absolute Gasteiger partial charge is 0.493 e. The second-order valence-electron chi connectivity index (χ2n) is 27.6. The topological polar surface area (TPSA) is 189 Å². The molecule has 19 nitrogen and oxygen atoms in total. The second-order valence-corrected chi connectivity index (χ2v) is 27.6. The molecular weight excluding hydrogens is 1390 g/mol. The summed E-state index contributed by atoms with van der Waals surface area (Å²) >= 11 is 0. The molecule has 8 aromatic rings. The average molecular weight is 1470 g/mol. The lowest BCUT2D eigenvalue weighted by Crippen LogP contribution is -2.13. The predicted molar refractivity (Wildman–Crippen MR) is 406 cm³/mol. The first kappa shape index (κ1) is 74.5. The number of hydrogen-bond acceptors (Lipinski definition) is 19. The first-order chi connectivity index (χ1) is 51.9. The molecule has 0 radical (unpaired) electrons. The van der Waals surface area contributed by atoms with Gasteiger partial charge < -0.3 is 71.5 Å². The van der Waals surface area contributed by atoms with Crippen molar-refractivity contribution in [2.45, 2.75) is 72.9 Å². The Morgan fingerprint density at radius 3 is 0.917 bits per heavy atom. The van der Waals surface area contributed by atoms with Gasteiger partial charge in [-0.3, -0.25) is 19.2 Å². The molecule has 0 atom stereocenters. The number of rotatable bonds is 17. The molecular formula is C86H84F3N3O16. The van der Waals surface area contributed by atoms with Crippen LogP contribution in [0, 0.1) is 5.92 Å². The van der Waals surface area contributed by atoms with E-state index in [2.05, 4.69) is 20.8 Å². The highest BCUT2D eigenvalue weighted by Gasteiger charge is 2.35. The van der Waals surface area contributed by atoms with Gasteiger partial charge in [-0.2, -0.15) is 13.2 Å². The molecule has 8 aromatic carbocycles. The molecule has 0 aromatic heterocycles. The minimum absolute atomic E-state index is 0.0745. The van der Waals surface area contributed by atoms with Gasteiger partial charge in [0.25, 0.3) is 0 Å². The van der Waals surface area contributed by atoms with Crippen LogP contribution in [0.5, 0.6) is 69.0 Å². The van der Waals surface area contributed by atoms with Crippen molar-refractivity contribution in [3.63, 3.8) is 0 Å². The number of halogens is 3. The van der Waals surface area contributed by atoms with Crippen molar-refractivity contribution in [2.75, 3.05) is 111 Å². The van der Waals surface area contributed by atoms with E-state index < -0.39 is 11.7 Å². The van der Waals surface area contributed by atoms with E-state index in [1.807, 2.05) is 155 Å². The molecule has 0 bridgehead atoms. The number of hydrogen-bond donors (Lipinski definition) is 0. The Balaban J connectivity index is 0.000000127. The zero-order valence-corrected chi connectivity index (χ0v) is 62.1. The fraction of sp³-hybridized carbons (Fsp3) is 0.302. The van der Waals surface area contributed by atoms with Crippen LogP contribution >= 0.6 is 0 Å². The van der Waals surface area contributed by atoms with Gasteiger partial charge >= 0.3 is 6.18 Å². The van der Waals surface area contributed by atoms with E-state index in [1.54, 1.807) is 37.3 Å². The zero-order valence-electron chi connectivity index (χ0n) is 62.1. The van der Waals surface area contributed by atoms with Gasteiger partial charge in [0.05, 0.1) is 32.0 Å². The SMILES string of the molecule is CC(C)COc1cc(N(C)C)ccc1C1=CC(=O)Cc2cc3c(cc21)OCO3.CCCOc1cc(N(C)C)ccc1C1=CC(=O)Cc2cc3c(cc21)OCO3.CCOc1cc(C(F)(F)F)ccc1C1=CC(=O)Cc2cc3c(cc21)OCO3.CCOc1cc(N(C)C)ccc1C1=CC(=O)Cc2cc3c(cc21)OCO3. The molecule has 4 aliphatic carbocycles. The van der Waals surface area contributed by atoms with E-state index in [4.69, 9.17) is 56.8 Å². The van der Waals surface area contributed by atoms with Gasteiger partial charge in [-0.25, -0.2) is 0 Å². The Kier molecular flexibility index (Phi) is 21.9. The summed E-state index contributed by atoms with van der Waals surface area (Å²) < 4.78 is 107. The third-order valence-electron chi connectivity index (χ3n) is 18.8. The highest BCUT2D eigenvalue weighted by Crippen LogP contribution is 2.49. The Morgan fingerprint density at radius 2 is 0.639 bits per heavy atom. The Labute approximate surface area is 625 Å². The zero-order chi connectivity index (χ0) is 76.2. The molecule has 0 saturated heterocycles. The molecule has 0 saturated carbocycles. The number of ether oxygens (including phenoxy) is 12. The summed E-state index contributed by atoms with van der Waals surface area (Å²) in [7, 11) is 12.0. The van der Waals surface area contributed by atoms with Gasteiger partial charge in [0.15, 0.2) is 69.1 Å². The van der Waals surface area contributed by atoms with Gasteiger partial charge in [0.2, 0.25) is 27.2 Å². The molecule has 0 amide bonds. The maximum Gasteiger partial charge on any atom is 0.416 e. The van der Waals surface area contributed by atoms with Crippen molar-refractivity contribution in [2.24, 2.45) is 5.92 Å². The number of anilines is 3. The van der Waals surface area contributed by atoms with E-state index >= 15 is 0 Å². The molecule has 0 N–H and O–H groups in total. The normalized spacial score (nSPS) is 14.9. The molecule has 0 spiro atoms. The standard InChI is InChI=1S/C23H25NO4.C22H23NO4.C21H21NO4.C20H15F3O4/c1-14(2)12-26-21-9-16(24(3)4)5-6-18(21)20-10-17(25)7-15-8-22-23(11-19(15)20)28-13-27-22;1-4-7-25-20-10-15(23(2)3)5-6-17(20)19-11-16(24)8-14-9-21-22(12-18(14)19)27-13-26-21;1-4-24-19-9-14(22(2)3)5-6-16(19)18-10-15(23)7-13-8-20-21(11-17(13)18)26-12-25-20;1-2-25-17-7-12(20(21,22)23)3-4-14(17)16-8-13(24)5-11-6-18-19(9-15(11)16)27-10-26-18/h5-6,8-11,14H,7,12-13H2,1-4H3;5-6,9-12H,4,7-8,13H2,1-3H3;5-6,8-11H,4,7,12H2,1-3H3;3-4,6-9H,2,5,10H2,1H3. The number of alkyl halides is 3. The maximum atomic E-state index is 13.1. The molecule has 560 valence electrons. The lowest BCUT2D eigenvalue weighted by Gasteiger charge is -2.22. The number of fused-ring (bicyclic) bond motifs is 8. The fourth-order valence-corrected chi connectivity index (χ4v) is 13.5. The predicted octanol–water partition coefficient (Wildman–Crippen LogP) is 15.7. The van der Waals surface area contributed by atoms with E-state index in [0.717, 1.165) is 137 Å². The number of carbonyl (C=O) groups excluding carboxylic acids is 4. The van der Waals surface area contributed by atoms with Crippen molar-refractivity contribution in [3.8, 4) is 69.0 Å². The van der Waals surface area contributed by atoms with Crippen LogP contribution in [0.1, 0.15) is 113 Å². The molecule has 16 rings (SSSR count). The second kappa shape index (κ2) is 31.7. The smallest absolute Gasteiger partial charge is 0.416 e. The van der Waals surface area contributed by atoms with Gasteiger partial charge in [0, 0.05) is 125 Å². The lowest BCUT2D eigenvalue weighted by molar-refractivity contribution is -0.137. The summed E-state index contributed by atoms with van der Waals surface area (Å²) in [5, 5.41) is 0. The minimum Gasteiger partial charge on any atom is -0.493 e. The van der Waals surface area contributed by atoms with Gasteiger partial charge in [-0.15, -0.1) is 0 Å². The third-order valence-corrected chi connectivity index (χ3v) is 18.8. The van der Waals surface area contributed by atoms with Crippen molar-refractivity contribution >= 4 is 62.5 Å². The summed E-state index contributed by atoms with van der Waals surface area (Å²) in [6.07, 6.45) is 4.32. The first-order valence-electron chi connectivity index (χ1n) is 35.8. The highest BCUT2D eigenvalue weighted by atomic mass is 19.4. The summed E-state index contributed by atoms with van der Waals surface area (Å²) in [5.74, 6) is 8.25. The lowest BCUT2D eigenvalue weighted by atomic mass is 9.85.